The molecule has 4 nitrogen and oxygen atoms in total. The normalized spacial score (nSPS) is 11.8. The molecule has 0 aliphatic heterocycles. The van der Waals surface area contributed by atoms with Gasteiger partial charge in [0.05, 0.1) is 4.90 Å². The van der Waals surface area contributed by atoms with Crippen molar-refractivity contribution in [1.82, 2.24) is 10.0 Å². The molecule has 0 heterocycles. The van der Waals surface area contributed by atoms with Gasteiger partial charge in [-0.05, 0) is 53.4 Å². The highest BCUT2D eigenvalue weighted by atomic mass is 79.9. The predicted octanol–water partition coefficient (Wildman–Crippen LogP) is 2.12. The van der Waals surface area contributed by atoms with E-state index in [-0.39, 0.29) is 0 Å². The highest BCUT2D eigenvalue weighted by molar-refractivity contribution is 9.10. The van der Waals surface area contributed by atoms with Crippen molar-refractivity contribution in [2.45, 2.75) is 18.4 Å². The van der Waals surface area contributed by atoms with E-state index in [2.05, 4.69) is 26.0 Å². The molecule has 1 aromatic carbocycles. The minimum atomic E-state index is -3.46. The van der Waals surface area contributed by atoms with Crippen LogP contribution in [-0.2, 0) is 16.6 Å². The van der Waals surface area contributed by atoms with Crippen molar-refractivity contribution in [1.29, 1.82) is 0 Å². The SMILES string of the molecule is CNCc1cc(C)c(Br)c(S(=O)(=O)NCCSC)c1. The van der Waals surface area contributed by atoms with E-state index >= 15 is 0 Å². The lowest BCUT2D eigenvalue weighted by molar-refractivity contribution is 0.583. The molecule has 0 atom stereocenters. The second kappa shape index (κ2) is 7.64. The number of thioether (sulfide) groups is 1. The van der Waals surface area contributed by atoms with Crippen molar-refractivity contribution < 1.29 is 8.42 Å². The first-order chi connectivity index (χ1) is 8.92. The molecule has 0 saturated heterocycles. The van der Waals surface area contributed by atoms with Crippen molar-refractivity contribution in [3.05, 3.63) is 27.7 Å². The maximum atomic E-state index is 12.3. The maximum Gasteiger partial charge on any atom is 0.241 e. The average molecular weight is 367 g/mol. The largest absolute Gasteiger partial charge is 0.316 e. The standard InChI is InChI=1S/C12H19BrN2O2S2/c1-9-6-10(8-14-2)7-11(12(9)13)19(16,17)15-4-5-18-3/h6-7,14-15H,4-5,8H2,1-3H3. The van der Waals surface area contributed by atoms with Gasteiger partial charge in [-0.25, -0.2) is 13.1 Å². The molecule has 2 N–H and O–H groups in total. The Balaban J connectivity index is 3.10. The summed E-state index contributed by atoms with van der Waals surface area (Å²) in [6.07, 6.45) is 1.95. The van der Waals surface area contributed by atoms with Gasteiger partial charge in [-0.15, -0.1) is 0 Å². The molecule has 0 aromatic heterocycles. The van der Waals surface area contributed by atoms with Crippen molar-refractivity contribution >= 4 is 37.7 Å². The van der Waals surface area contributed by atoms with E-state index in [1.807, 2.05) is 26.3 Å². The summed E-state index contributed by atoms with van der Waals surface area (Å²) in [5.41, 5.74) is 1.87. The van der Waals surface area contributed by atoms with E-state index in [9.17, 15) is 8.42 Å². The molecule has 19 heavy (non-hydrogen) atoms. The average Bonchev–Trinajstić information content (AvgIpc) is 2.34. The van der Waals surface area contributed by atoms with E-state index in [0.717, 1.165) is 16.9 Å². The Morgan fingerprint density at radius 3 is 2.63 bits per heavy atom. The molecule has 0 bridgehead atoms. The Morgan fingerprint density at radius 2 is 2.05 bits per heavy atom. The van der Waals surface area contributed by atoms with Crippen LogP contribution in [0.2, 0.25) is 0 Å². The van der Waals surface area contributed by atoms with Crippen LogP contribution in [0, 0.1) is 6.92 Å². The van der Waals surface area contributed by atoms with E-state index < -0.39 is 10.0 Å². The second-order valence-electron chi connectivity index (χ2n) is 4.15. The Labute approximate surface area is 127 Å². The summed E-state index contributed by atoms with van der Waals surface area (Å²) < 4.78 is 27.8. The van der Waals surface area contributed by atoms with Crippen molar-refractivity contribution in [3.63, 3.8) is 0 Å². The third-order valence-electron chi connectivity index (χ3n) is 2.55. The van der Waals surface area contributed by atoms with Crippen molar-refractivity contribution in [2.24, 2.45) is 0 Å². The molecule has 0 spiro atoms. The smallest absolute Gasteiger partial charge is 0.241 e. The number of hydrogen-bond acceptors (Lipinski definition) is 4. The number of aryl methyl sites for hydroxylation is 1. The van der Waals surface area contributed by atoms with Gasteiger partial charge < -0.3 is 5.32 Å². The predicted molar refractivity (Wildman–Crippen MR) is 85.2 cm³/mol. The lowest BCUT2D eigenvalue weighted by Crippen LogP contribution is -2.26. The summed E-state index contributed by atoms with van der Waals surface area (Å²) in [5.74, 6) is 0.756. The van der Waals surface area contributed by atoms with Gasteiger partial charge in [0.1, 0.15) is 0 Å². The molecule has 0 aliphatic carbocycles. The highest BCUT2D eigenvalue weighted by Crippen LogP contribution is 2.27. The van der Waals surface area contributed by atoms with Crippen LogP contribution in [0.25, 0.3) is 0 Å². The molecule has 108 valence electrons. The van der Waals surface area contributed by atoms with Gasteiger partial charge in [-0.1, -0.05) is 6.07 Å². The van der Waals surface area contributed by atoms with Crippen LogP contribution in [0.1, 0.15) is 11.1 Å². The minimum Gasteiger partial charge on any atom is -0.316 e. The van der Waals surface area contributed by atoms with Gasteiger partial charge in [0.15, 0.2) is 0 Å². The molecule has 0 radical (unpaired) electrons. The van der Waals surface area contributed by atoms with Crippen LogP contribution in [0.5, 0.6) is 0 Å². The van der Waals surface area contributed by atoms with Gasteiger partial charge in [0, 0.05) is 23.3 Å². The van der Waals surface area contributed by atoms with Crippen molar-refractivity contribution in [2.75, 3.05) is 25.6 Å². The number of rotatable bonds is 7. The summed E-state index contributed by atoms with van der Waals surface area (Å²) in [6.45, 7) is 2.97. The first-order valence-electron chi connectivity index (χ1n) is 5.84. The molecule has 7 heteroatoms. The fraction of sp³-hybridized carbons (Fsp3) is 0.500. The van der Waals surface area contributed by atoms with Gasteiger partial charge >= 0.3 is 0 Å². The number of nitrogens with one attached hydrogen (secondary N) is 2. The minimum absolute atomic E-state index is 0.304. The van der Waals surface area contributed by atoms with Crippen molar-refractivity contribution in [3.8, 4) is 0 Å². The zero-order chi connectivity index (χ0) is 14.5. The van der Waals surface area contributed by atoms with Gasteiger partial charge in [0.2, 0.25) is 10.0 Å². The number of benzene rings is 1. The zero-order valence-electron chi connectivity index (χ0n) is 11.3. The van der Waals surface area contributed by atoms with Crippen LogP contribution in [0.15, 0.2) is 21.5 Å². The number of sulfonamides is 1. The monoisotopic (exact) mass is 366 g/mol. The Hall–Kier alpha value is -0.0800. The molecule has 0 saturated carbocycles. The molecule has 1 aromatic rings. The van der Waals surface area contributed by atoms with Crippen LogP contribution in [-0.4, -0.2) is 34.0 Å². The molecule has 0 unspecified atom stereocenters. The van der Waals surface area contributed by atoms with E-state index in [4.69, 9.17) is 0 Å². The van der Waals surface area contributed by atoms with Crippen LogP contribution >= 0.6 is 27.7 Å². The summed E-state index contributed by atoms with van der Waals surface area (Å²) >= 11 is 4.97. The lowest BCUT2D eigenvalue weighted by atomic mass is 10.1. The van der Waals surface area contributed by atoms with Crippen LogP contribution in [0.4, 0.5) is 0 Å². The summed E-state index contributed by atoms with van der Waals surface area (Å²) in [5, 5.41) is 3.03. The molecular weight excluding hydrogens is 348 g/mol. The van der Waals surface area contributed by atoms with Gasteiger partial charge in [-0.3, -0.25) is 0 Å². The fourth-order valence-corrected chi connectivity index (χ4v) is 4.20. The molecule has 0 amide bonds. The number of hydrogen-bond donors (Lipinski definition) is 2. The third kappa shape index (κ3) is 4.75. The quantitative estimate of drug-likeness (QED) is 0.725. The topological polar surface area (TPSA) is 58.2 Å². The second-order valence-corrected chi connectivity index (χ2v) is 7.66. The van der Waals surface area contributed by atoms with Gasteiger partial charge in [0.25, 0.3) is 0 Å². The fourth-order valence-electron chi connectivity index (χ4n) is 1.67. The summed E-state index contributed by atoms with van der Waals surface area (Å²) in [7, 11) is -1.63. The summed E-state index contributed by atoms with van der Waals surface area (Å²) in [6, 6.07) is 3.68. The van der Waals surface area contributed by atoms with Crippen LogP contribution in [0.3, 0.4) is 0 Å². The van der Waals surface area contributed by atoms with Crippen LogP contribution < -0.4 is 10.0 Å². The summed E-state index contributed by atoms with van der Waals surface area (Å²) in [4.78, 5) is 0.304. The lowest BCUT2D eigenvalue weighted by Gasteiger charge is -2.12. The third-order valence-corrected chi connectivity index (χ3v) is 5.96. The first-order valence-corrected chi connectivity index (χ1v) is 9.51. The van der Waals surface area contributed by atoms with E-state index in [1.54, 1.807) is 17.8 Å². The Kier molecular flexibility index (Phi) is 6.82. The zero-order valence-corrected chi connectivity index (χ0v) is 14.5. The Morgan fingerprint density at radius 1 is 1.37 bits per heavy atom. The first kappa shape index (κ1) is 17.0. The Bertz CT molecular complexity index is 533. The molecule has 1 rings (SSSR count). The van der Waals surface area contributed by atoms with E-state index in [1.165, 1.54) is 0 Å². The molecule has 0 aliphatic rings. The van der Waals surface area contributed by atoms with Gasteiger partial charge in [-0.2, -0.15) is 11.8 Å². The van der Waals surface area contributed by atoms with E-state index in [0.29, 0.717) is 22.5 Å². The highest BCUT2D eigenvalue weighted by Gasteiger charge is 2.19. The molecule has 0 fully saturated rings. The molecular formula is C12H19BrN2O2S2. The number of halogens is 1. The maximum absolute atomic E-state index is 12.3.